The van der Waals surface area contributed by atoms with Crippen molar-refractivity contribution >= 4 is 23.8 Å². The maximum Gasteiger partial charge on any atom is 0.306 e. The maximum absolute atomic E-state index is 18.2. The van der Waals surface area contributed by atoms with Gasteiger partial charge in [0.2, 0.25) is 5.78 Å². The fraction of sp³-hybridized carbons (Fsp3) is 0.611. The van der Waals surface area contributed by atoms with E-state index in [0.29, 0.717) is 25.7 Å². The van der Waals surface area contributed by atoms with Crippen molar-refractivity contribution in [3.63, 3.8) is 0 Å². The molecule has 1 heterocycles. The summed E-state index contributed by atoms with van der Waals surface area (Å²) in [7, 11) is 0. The van der Waals surface area contributed by atoms with Crippen LogP contribution in [0.15, 0.2) is 36.0 Å². The number of ketones is 1. The van der Waals surface area contributed by atoms with E-state index in [4.69, 9.17) is 9.47 Å². The number of esters is 2. The number of fused-ring (bicyclic) bond motifs is 6. The molecule has 9 heteroatoms. The predicted octanol–water partition coefficient (Wildman–Crippen LogP) is 5.89. The molecule has 2 aromatic rings. The van der Waals surface area contributed by atoms with Crippen molar-refractivity contribution in [1.82, 2.24) is 9.78 Å². The maximum atomic E-state index is 18.2. The number of nitrogens with zero attached hydrogens (tertiary/aromatic N) is 2. The predicted molar refractivity (Wildman–Crippen MR) is 166 cm³/mol. The summed E-state index contributed by atoms with van der Waals surface area (Å²) in [5, 5.41) is 16.7. The number of carbonyl (C=O) groups excluding carboxylic acids is 3. The second-order valence-electron chi connectivity index (χ2n) is 14.3. The fourth-order valence-corrected chi connectivity index (χ4v) is 9.74. The zero-order chi connectivity index (χ0) is 32.5. The molecular formula is C36H45FN2O6. The van der Waals surface area contributed by atoms with Crippen LogP contribution in [0.25, 0.3) is 11.8 Å². The van der Waals surface area contributed by atoms with Crippen LogP contribution in [0.3, 0.4) is 0 Å². The van der Waals surface area contributed by atoms with Crippen molar-refractivity contribution in [3.8, 4) is 5.69 Å². The summed E-state index contributed by atoms with van der Waals surface area (Å²) >= 11 is 0. The third-order valence-electron chi connectivity index (χ3n) is 12.0. The molecule has 3 saturated carbocycles. The number of aromatic nitrogens is 2. The number of carbonyl (C=O) groups is 3. The van der Waals surface area contributed by atoms with Gasteiger partial charge in [-0.3, -0.25) is 14.4 Å². The van der Waals surface area contributed by atoms with Crippen molar-refractivity contribution in [2.24, 2.45) is 28.6 Å². The summed E-state index contributed by atoms with van der Waals surface area (Å²) < 4.78 is 31.5. The third-order valence-corrected chi connectivity index (χ3v) is 12.0. The molecule has 3 fully saturated rings. The molecule has 45 heavy (non-hydrogen) atoms. The Morgan fingerprint density at radius 3 is 2.44 bits per heavy atom. The minimum Gasteiger partial charge on any atom is -0.457 e. The molecule has 8 atom stereocenters. The molecule has 0 aliphatic heterocycles. The van der Waals surface area contributed by atoms with Crippen LogP contribution < -0.4 is 0 Å². The highest BCUT2D eigenvalue weighted by Gasteiger charge is 2.77. The monoisotopic (exact) mass is 620 g/mol. The summed E-state index contributed by atoms with van der Waals surface area (Å²) in [6.07, 6.45) is 4.55. The van der Waals surface area contributed by atoms with Gasteiger partial charge in [-0.15, -0.1) is 0 Å². The SMILES string of the molecule is CCC(=O)OCC(=O)[C@@]1(OC(=O)CC)[C@@H](C)C[C@H]2[C@@H]3CCC4=Cc5c(cnn5-c5ccc(C)cc5)C[C@]4(C)[C@@]3(F)[C@@H](O)C[C@@]21C. The molecule has 1 N–H and O–H groups in total. The number of aliphatic hydroxyl groups is 1. The van der Waals surface area contributed by atoms with Crippen LogP contribution in [0.5, 0.6) is 0 Å². The third kappa shape index (κ3) is 4.32. The summed E-state index contributed by atoms with van der Waals surface area (Å²) in [6, 6.07) is 8.13. The van der Waals surface area contributed by atoms with Gasteiger partial charge in [-0.1, -0.05) is 57.9 Å². The van der Waals surface area contributed by atoms with E-state index in [1.165, 1.54) is 0 Å². The van der Waals surface area contributed by atoms with E-state index >= 15 is 4.39 Å². The lowest BCUT2D eigenvalue weighted by molar-refractivity contribution is -0.234. The Bertz CT molecular complexity index is 1570. The van der Waals surface area contributed by atoms with Gasteiger partial charge in [0, 0.05) is 35.5 Å². The summed E-state index contributed by atoms with van der Waals surface area (Å²) in [4.78, 5) is 39.0. The highest BCUT2D eigenvalue weighted by Crippen LogP contribution is 2.72. The van der Waals surface area contributed by atoms with Crippen molar-refractivity contribution in [3.05, 3.63) is 52.9 Å². The molecule has 0 saturated heterocycles. The summed E-state index contributed by atoms with van der Waals surface area (Å²) in [5.74, 6) is -2.95. The van der Waals surface area contributed by atoms with Gasteiger partial charge in [-0.25, -0.2) is 9.07 Å². The molecule has 1 aromatic heterocycles. The van der Waals surface area contributed by atoms with E-state index in [0.717, 1.165) is 28.1 Å². The largest absolute Gasteiger partial charge is 0.457 e. The number of rotatable bonds is 7. The van der Waals surface area contributed by atoms with Crippen LogP contribution in [-0.4, -0.2) is 56.6 Å². The first-order chi connectivity index (χ1) is 21.3. The number of hydrogen-bond donors (Lipinski definition) is 1. The second-order valence-corrected chi connectivity index (χ2v) is 14.3. The number of alkyl halides is 1. The van der Waals surface area contributed by atoms with Gasteiger partial charge < -0.3 is 14.6 Å². The standard InChI is InChI=1S/C36H45FN2O6/c1-7-31(42)44-20-30(41)36(45-32(43)8-2)22(4)15-27-26-14-11-24-16-28-23(19-38-39(28)25-12-9-21(3)10-13-25)17-33(24,5)35(26,37)29(40)18-34(27,36)6/h9-10,12-13,16,19,22,26-27,29,40H,7-8,11,14-15,17-18,20H2,1-6H3/t22-,26-,27-,29-,33-,34-,35-,36-/m0/s1. The van der Waals surface area contributed by atoms with Gasteiger partial charge in [0.15, 0.2) is 12.2 Å². The number of benzene rings is 1. The average molecular weight is 621 g/mol. The molecule has 242 valence electrons. The first kappa shape index (κ1) is 31.6. The topological polar surface area (TPSA) is 108 Å². The number of aryl methyl sites for hydroxylation is 1. The Hall–Kier alpha value is -3.33. The van der Waals surface area contributed by atoms with Crippen molar-refractivity contribution < 1.29 is 33.4 Å². The highest BCUT2D eigenvalue weighted by molar-refractivity contribution is 5.93. The van der Waals surface area contributed by atoms with E-state index in [-0.39, 0.29) is 25.2 Å². The summed E-state index contributed by atoms with van der Waals surface area (Å²) in [5.41, 5.74) is -0.746. The van der Waals surface area contributed by atoms with E-state index < -0.39 is 64.4 Å². The molecule has 8 nitrogen and oxygen atoms in total. The van der Waals surface area contributed by atoms with Gasteiger partial charge in [-0.05, 0) is 68.7 Å². The molecule has 1 aromatic carbocycles. The first-order valence-corrected chi connectivity index (χ1v) is 16.4. The molecule has 6 rings (SSSR count). The number of halogens is 1. The number of ether oxygens (including phenoxy) is 2. The molecule has 0 bridgehead atoms. The van der Waals surface area contributed by atoms with Gasteiger partial charge in [0.25, 0.3) is 0 Å². The fourth-order valence-electron chi connectivity index (χ4n) is 9.74. The number of Topliss-reactive ketones (excluding diaryl/α,β-unsaturated/α-hetero) is 1. The number of allylic oxidation sites excluding steroid dienone is 1. The van der Waals surface area contributed by atoms with Gasteiger partial charge in [0.1, 0.15) is 5.67 Å². The quantitative estimate of drug-likeness (QED) is 0.385. The molecule has 0 spiro atoms. The molecule has 0 amide bonds. The average Bonchev–Trinajstić information content (AvgIpc) is 3.51. The lowest BCUT2D eigenvalue weighted by atomic mass is 9.43. The van der Waals surface area contributed by atoms with Crippen LogP contribution in [0.2, 0.25) is 0 Å². The van der Waals surface area contributed by atoms with E-state index in [1.807, 2.05) is 62.8 Å². The van der Waals surface area contributed by atoms with Crippen LogP contribution in [-0.2, 0) is 30.3 Å². The minimum absolute atomic E-state index is 0.0567. The second kappa shape index (κ2) is 10.9. The highest BCUT2D eigenvalue weighted by atomic mass is 19.1. The Balaban J connectivity index is 1.39. The summed E-state index contributed by atoms with van der Waals surface area (Å²) in [6.45, 7) is 10.5. The molecular weight excluding hydrogens is 575 g/mol. The molecule has 0 radical (unpaired) electrons. The van der Waals surface area contributed by atoms with Crippen LogP contribution in [0.1, 0.15) is 90.0 Å². The normalized spacial score (nSPS) is 36.6. The van der Waals surface area contributed by atoms with E-state index in [2.05, 4.69) is 11.2 Å². The van der Waals surface area contributed by atoms with Crippen molar-refractivity contribution in [1.29, 1.82) is 0 Å². The zero-order valence-corrected chi connectivity index (χ0v) is 27.2. The van der Waals surface area contributed by atoms with Crippen molar-refractivity contribution in [2.45, 2.75) is 104 Å². The van der Waals surface area contributed by atoms with Gasteiger partial charge in [-0.2, -0.15) is 5.10 Å². The first-order valence-electron chi connectivity index (χ1n) is 16.4. The van der Waals surface area contributed by atoms with Gasteiger partial charge >= 0.3 is 11.9 Å². The minimum atomic E-state index is -1.98. The smallest absolute Gasteiger partial charge is 0.306 e. The molecule has 4 aliphatic rings. The van der Waals surface area contributed by atoms with Crippen LogP contribution in [0.4, 0.5) is 4.39 Å². The Labute approximate surface area is 264 Å². The van der Waals surface area contributed by atoms with Crippen LogP contribution >= 0.6 is 0 Å². The molecule has 4 aliphatic carbocycles. The van der Waals surface area contributed by atoms with E-state index in [9.17, 15) is 19.5 Å². The Morgan fingerprint density at radius 2 is 1.78 bits per heavy atom. The number of hydrogen-bond acceptors (Lipinski definition) is 7. The Morgan fingerprint density at radius 1 is 1.09 bits per heavy atom. The number of aliphatic hydroxyl groups excluding tert-OH is 1. The van der Waals surface area contributed by atoms with E-state index in [1.54, 1.807) is 13.8 Å². The van der Waals surface area contributed by atoms with Gasteiger partial charge in [0.05, 0.1) is 23.7 Å². The van der Waals surface area contributed by atoms with Crippen LogP contribution in [0, 0.1) is 35.5 Å². The van der Waals surface area contributed by atoms with Crippen molar-refractivity contribution in [2.75, 3.05) is 6.61 Å². The zero-order valence-electron chi connectivity index (χ0n) is 27.2. The lowest BCUT2D eigenvalue weighted by Crippen LogP contribution is -2.70. The Kier molecular flexibility index (Phi) is 7.66. The lowest BCUT2D eigenvalue weighted by Gasteiger charge is -2.63. The molecule has 0 unspecified atom stereocenters.